The van der Waals surface area contributed by atoms with E-state index in [9.17, 15) is 24.0 Å². The van der Waals surface area contributed by atoms with Crippen LogP contribution in [-0.2, 0) is 14.4 Å². The Bertz CT molecular complexity index is 2100. The minimum atomic E-state index is -1.05. The molecule has 3 aliphatic rings. The predicted molar refractivity (Wildman–Crippen MR) is 184 cm³/mol. The molecule has 5 heterocycles. The van der Waals surface area contributed by atoms with E-state index in [1.807, 2.05) is 35.8 Å². The van der Waals surface area contributed by atoms with Crippen LogP contribution in [0.4, 0.5) is 5.69 Å². The summed E-state index contributed by atoms with van der Waals surface area (Å²) >= 11 is 7.86. The standard InChI is InChI=1S/C35H32ClN7O5S/c1-17-18(2)49-35-28(17)30(20-9-11-21(36)12-10-20)38-25(31-41-40-19(3)42(31)35)16-22(44)6-5-15-37-24-8-4-7-23-29(24)34(48)43(33(23)47)26-13-14-27(45)39-32(26)46/h4,7-12,25-26,37H,5-6,13-16H2,1-3H3,(H,39,45,46)/t25-,26?/m0/s1. The van der Waals surface area contributed by atoms with E-state index in [0.717, 1.165) is 37.2 Å². The van der Waals surface area contributed by atoms with Crippen molar-refractivity contribution >= 4 is 63.7 Å². The maximum Gasteiger partial charge on any atom is 0.264 e. The number of hydrogen-bond donors (Lipinski definition) is 2. The first-order valence-electron chi connectivity index (χ1n) is 16.0. The number of anilines is 1. The summed E-state index contributed by atoms with van der Waals surface area (Å²) in [5, 5.41) is 15.8. The summed E-state index contributed by atoms with van der Waals surface area (Å²) in [5.41, 5.74) is 4.59. The van der Waals surface area contributed by atoms with Gasteiger partial charge in [-0.15, -0.1) is 21.5 Å². The average Bonchev–Trinajstić information content (AvgIpc) is 3.65. The molecule has 14 heteroatoms. The summed E-state index contributed by atoms with van der Waals surface area (Å²) in [6.45, 7) is 6.41. The van der Waals surface area contributed by atoms with Crippen LogP contribution in [-0.4, -0.2) is 67.4 Å². The first kappa shape index (κ1) is 32.5. The van der Waals surface area contributed by atoms with Crippen molar-refractivity contribution in [2.45, 2.75) is 65.0 Å². The Kier molecular flexibility index (Phi) is 8.49. The van der Waals surface area contributed by atoms with Gasteiger partial charge in [-0.3, -0.25) is 43.7 Å². The van der Waals surface area contributed by atoms with E-state index in [1.165, 1.54) is 0 Å². The van der Waals surface area contributed by atoms with Gasteiger partial charge < -0.3 is 5.32 Å². The number of carbonyl (C=O) groups is 5. The van der Waals surface area contributed by atoms with Crippen LogP contribution >= 0.6 is 22.9 Å². The lowest BCUT2D eigenvalue weighted by Crippen LogP contribution is -2.54. The number of rotatable bonds is 9. The van der Waals surface area contributed by atoms with Crippen molar-refractivity contribution in [3.05, 3.63) is 91.8 Å². The highest BCUT2D eigenvalue weighted by Crippen LogP contribution is 2.40. The third kappa shape index (κ3) is 5.76. The lowest BCUT2D eigenvalue weighted by Gasteiger charge is -2.27. The number of hydrogen-bond acceptors (Lipinski definition) is 10. The van der Waals surface area contributed by atoms with E-state index in [2.05, 4.69) is 34.7 Å². The second kappa shape index (κ2) is 12.8. The Morgan fingerprint density at radius 2 is 1.80 bits per heavy atom. The molecule has 7 rings (SSSR count). The maximum absolute atomic E-state index is 13.5. The average molecular weight is 698 g/mol. The maximum atomic E-state index is 13.5. The molecule has 1 saturated heterocycles. The molecule has 0 saturated carbocycles. The summed E-state index contributed by atoms with van der Waals surface area (Å²) in [7, 11) is 0. The lowest BCUT2D eigenvalue weighted by atomic mass is 9.99. The predicted octanol–water partition coefficient (Wildman–Crippen LogP) is 5.05. The molecule has 2 aromatic carbocycles. The number of fused-ring (bicyclic) bond motifs is 4. The van der Waals surface area contributed by atoms with Crippen molar-refractivity contribution in [3.63, 3.8) is 0 Å². The number of carbonyl (C=O) groups excluding carboxylic acids is 5. The van der Waals surface area contributed by atoms with Gasteiger partial charge in [0.25, 0.3) is 11.8 Å². The molecule has 0 aliphatic carbocycles. The largest absolute Gasteiger partial charge is 0.384 e. The van der Waals surface area contributed by atoms with Gasteiger partial charge in [-0.05, 0) is 63.4 Å². The minimum absolute atomic E-state index is 0.00931. The van der Waals surface area contributed by atoms with E-state index in [4.69, 9.17) is 16.6 Å². The van der Waals surface area contributed by atoms with Crippen molar-refractivity contribution < 1.29 is 24.0 Å². The molecule has 1 unspecified atom stereocenters. The Morgan fingerprint density at radius 3 is 2.55 bits per heavy atom. The summed E-state index contributed by atoms with van der Waals surface area (Å²) < 4.78 is 2.01. The molecule has 2 N–H and O–H groups in total. The molecule has 49 heavy (non-hydrogen) atoms. The SMILES string of the molecule is Cc1sc2c(c1C)C(c1ccc(Cl)cc1)=N[C@@H](CC(=O)CCCNc1cccc3c1C(=O)N(C1CCC(=O)NC1=O)C3=O)c1nnc(C)n1-2. The normalized spacial score (nSPS) is 18.4. The van der Waals surface area contributed by atoms with Crippen molar-refractivity contribution in [3.8, 4) is 5.00 Å². The molecule has 1 fully saturated rings. The fourth-order valence-corrected chi connectivity index (χ4v) is 7.96. The molecule has 4 aromatic rings. The number of amides is 4. The monoisotopic (exact) mass is 697 g/mol. The van der Waals surface area contributed by atoms with Crippen LogP contribution in [0.25, 0.3) is 5.00 Å². The number of aryl methyl sites for hydroxylation is 2. The Morgan fingerprint density at radius 1 is 1.02 bits per heavy atom. The second-order valence-electron chi connectivity index (χ2n) is 12.4. The minimum Gasteiger partial charge on any atom is -0.384 e. The molecule has 250 valence electrons. The van der Waals surface area contributed by atoms with Crippen LogP contribution in [0.15, 0.2) is 47.5 Å². The van der Waals surface area contributed by atoms with Gasteiger partial charge in [-0.25, -0.2) is 0 Å². The molecule has 12 nitrogen and oxygen atoms in total. The molecule has 3 aliphatic heterocycles. The Balaban J connectivity index is 1.06. The number of halogens is 1. The zero-order valence-electron chi connectivity index (χ0n) is 27.0. The highest BCUT2D eigenvalue weighted by Gasteiger charge is 2.45. The van der Waals surface area contributed by atoms with Gasteiger partial charge in [-0.1, -0.05) is 29.8 Å². The number of aliphatic imine (C=N–C) groups is 1. The van der Waals surface area contributed by atoms with E-state index >= 15 is 0 Å². The first-order chi connectivity index (χ1) is 23.5. The molecule has 2 aromatic heterocycles. The van der Waals surface area contributed by atoms with Crippen LogP contribution in [0.2, 0.25) is 5.02 Å². The second-order valence-corrected chi connectivity index (χ2v) is 14.0. The fourth-order valence-electron chi connectivity index (χ4n) is 6.62. The summed E-state index contributed by atoms with van der Waals surface area (Å²) in [6.07, 6.45) is 0.948. The summed E-state index contributed by atoms with van der Waals surface area (Å²) in [6, 6.07) is 10.8. The Labute approximate surface area is 290 Å². The number of nitrogens with zero attached hydrogens (tertiary/aromatic N) is 5. The Hall–Kier alpha value is -5.01. The van der Waals surface area contributed by atoms with E-state index in [1.54, 1.807) is 29.5 Å². The van der Waals surface area contributed by atoms with Crippen molar-refractivity contribution in [1.82, 2.24) is 25.0 Å². The van der Waals surface area contributed by atoms with Gasteiger partial charge in [0, 0.05) is 52.5 Å². The number of ketones is 1. The molecule has 0 spiro atoms. The lowest BCUT2D eigenvalue weighted by molar-refractivity contribution is -0.136. The van der Waals surface area contributed by atoms with Crippen LogP contribution in [0.3, 0.4) is 0 Å². The number of piperidine rings is 1. The molecular formula is C35H32ClN7O5S. The number of imide groups is 2. The number of Topliss-reactive ketones (excluding diaryl/α,β-unsaturated/α-hetero) is 1. The van der Waals surface area contributed by atoms with Gasteiger partial charge in [-0.2, -0.15) is 0 Å². The summed E-state index contributed by atoms with van der Waals surface area (Å²) in [5.74, 6) is -0.935. The zero-order chi connectivity index (χ0) is 34.6. The van der Waals surface area contributed by atoms with Crippen LogP contribution in [0, 0.1) is 20.8 Å². The van der Waals surface area contributed by atoms with E-state index in [-0.39, 0.29) is 42.6 Å². The van der Waals surface area contributed by atoms with Gasteiger partial charge in [0.2, 0.25) is 11.8 Å². The van der Waals surface area contributed by atoms with Crippen molar-refractivity contribution in [2.24, 2.45) is 4.99 Å². The summed E-state index contributed by atoms with van der Waals surface area (Å²) in [4.78, 5) is 71.4. The van der Waals surface area contributed by atoms with Gasteiger partial charge >= 0.3 is 0 Å². The number of thiophene rings is 1. The van der Waals surface area contributed by atoms with Gasteiger partial charge in [0.15, 0.2) is 5.82 Å². The quantitative estimate of drug-likeness (QED) is 0.182. The molecule has 4 amide bonds. The smallest absolute Gasteiger partial charge is 0.264 e. The van der Waals surface area contributed by atoms with Gasteiger partial charge in [0.1, 0.15) is 28.7 Å². The number of nitrogens with one attached hydrogen (secondary N) is 2. The zero-order valence-corrected chi connectivity index (χ0v) is 28.6. The van der Waals surface area contributed by atoms with Crippen molar-refractivity contribution in [2.75, 3.05) is 11.9 Å². The molecule has 0 radical (unpaired) electrons. The van der Waals surface area contributed by atoms with E-state index < -0.39 is 35.7 Å². The molecule has 2 atom stereocenters. The van der Waals surface area contributed by atoms with Crippen LogP contribution in [0.5, 0.6) is 0 Å². The van der Waals surface area contributed by atoms with E-state index in [0.29, 0.717) is 35.3 Å². The number of aromatic nitrogens is 3. The molecule has 0 bridgehead atoms. The van der Waals surface area contributed by atoms with Crippen LogP contribution < -0.4 is 10.6 Å². The highest BCUT2D eigenvalue weighted by molar-refractivity contribution is 7.15. The number of benzene rings is 2. The molecular weight excluding hydrogens is 666 g/mol. The highest BCUT2D eigenvalue weighted by atomic mass is 35.5. The fraction of sp³-hybridized carbons (Fsp3) is 0.314. The first-order valence-corrected chi connectivity index (χ1v) is 17.2. The third-order valence-electron chi connectivity index (χ3n) is 9.19. The van der Waals surface area contributed by atoms with Crippen molar-refractivity contribution in [1.29, 1.82) is 0 Å². The van der Waals surface area contributed by atoms with Gasteiger partial charge in [0.05, 0.1) is 16.8 Å². The topological polar surface area (TPSA) is 156 Å². The van der Waals surface area contributed by atoms with Crippen LogP contribution in [0.1, 0.15) is 92.1 Å². The third-order valence-corrected chi connectivity index (χ3v) is 10.6.